The van der Waals surface area contributed by atoms with Gasteiger partial charge in [0.25, 0.3) is 0 Å². The van der Waals surface area contributed by atoms with E-state index in [0.29, 0.717) is 59.5 Å². The Kier molecular flexibility index (Phi) is 11.9. The Morgan fingerprint density at radius 1 is 0.739 bits per heavy atom. The Balaban J connectivity index is 1.78. The molecule has 0 radical (unpaired) electrons. The van der Waals surface area contributed by atoms with Crippen LogP contribution in [0.15, 0.2) is 24.3 Å². The second-order valence-electron chi connectivity index (χ2n) is 4.76. The van der Waals surface area contributed by atoms with Crippen LogP contribution in [-0.2, 0) is 18.9 Å². The Bertz CT molecular complexity index is 424. The molecule has 5 heteroatoms. The normalized spacial score (nSPS) is 10.4. The Morgan fingerprint density at radius 3 is 1.74 bits per heavy atom. The molecule has 0 saturated carbocycles. The molecule has 128 valence electrons. The molecule has 0 spiro atoms. The topological polar surface area (TPSA) is 46.2 Å². The van der Waals surface area contributed by atoms with Gasteiger partial charge in [0.1, 0.15) is 19.0 Å². The monoisotopic (exact) mass is 322 g/mol. The lowest BCUT2D eigenvalue weighted by molar-refractivity contribution is -0.00187. The molecule has 0 unspecified atom stereocenters. The van der Waals surface area contributed by atoms with Gasteiger partial charge in [0.05, 0.1) is 46.2 Å². The predicted octanol–water partition coefficient (Wildman–Crippen LogP) is 2.07. The van der Waals surface area contributed by atoms with E-state index in [1.54, 1.807) is 0 Å². The highest BCUT2D eigenvalue weighted by Gasteiger charge is 1.95. The summed E-state index contributed by atoms with van der Waals surface area (Å²) in [5.74, 6) is 3.25. The maximum Gasteiger partial charge on any atom is 0.119 e. The molecule has 1 aromatic rings. The van der Waals surface area contributed by atoms with E-state index in [1.165, 1.54) is 5.56 Å². The zero-order chi connectivity index (χ0) is 16.6. The van der Waals surface area contributed by atoms with Crippen LogP contribution in [0, 0.1) is 19.3 Å². The van der Waals surface area contributed by atoms with Crippen molar-refractivity contribution in [3.05, 3.63) is 29.8 Å². The first-order valence-electron chi connectivity index (χ1n) is 7.77. The van der Waals surface area contributed by atoms with Crippen LogP contribution >= 0.6 is 0 Å². The molecule has 0 amide bonds. The van der Waals surface area contributed by atoms with Crippen molar-refractivity contribution in [2.45, 2.75) is 6.92 Å². The van der Waals surface area contributed by atoms with E-state index in [1.807, 2.05) is 31.2 Å². The van der Waals surface area contributed by atoms with Gasteiger partial charge in [-0.25, -0.2) is 0 Å². The minimum atomic E-state index is 0.324. The average Bonchev–Trinajstić information content (AvgIpc) is 2.57. The maximum atomic E-state index is 5.55. The van der Waals surface area contributed by atoms with E-state index in [4.69, 9.17) is 30.1 Å². The zero-order valence-electron chi connectivity index (χ0n) is 13.8. The van der Waals surface area contributed by atoms with Crippen molar-refractivity contribution in [3.8, 4) is 18.1 Å². The van der Waals surface area contributed by atoms with Crippen molar-refractivity contribution in [2.75, 3.05) is 59.5 Å². The summed E-state index contributed by atoms with van der Waals surface area (Å²) in [6.45, 7) is 6.64. The van der Waals surface area contributed by atoms with Gasteiger partial charge in [-0.15, -0.1) is 6.42 Å². The van der Waals surface area contributed by atoms with Crippen molar-refractivity contribution in [3.63, 3.8) is 0 Å². The number of hydrogen-bond donors (Lipinski definition) is 0. The van der Waals surface area contributed by atoms with Gasteiger partial charge in [-0.2, -0.15) is 0 Å². The van der Waals surface area contributed by atoms with E-state index in [2.05, 4.69) is 5.92 Å². The molecular weight excluding hydrogens is 296 g/mol. The minimum absolute atomic E-state index is 0.324. The first kappa shape index (κ1) is 19.5. The van der Waals surface area contributed by atoms with Crippen molar-refractivity contribution in [1.29, 1.82) is 0 Å². The minimum Gasteiger partial charge on any atom is -0.491 e. The molecule has 23 heavy (non-hydrogen) atoms. The van der Waals surface area contributed by atoms with Crippen LogP contribution < -0.4 is 4.74 Å². The molecule has 1 aromatic carbocycles. The maximum absolute atomic E-state index is 5.55. The molecule has 0 aliphatic carbocycles. The molecule has 0 bridgehead atoms. The van der Waals surface area contributed by atoms with Crippen LogP contribution in [-0.4, -0.2) is 59.5 Å². The van der Waals surface area contributed by atoms with Gasteiger partial charge in [-0.3, -0.25) is 0 Å². The lowest BCUT2D eigenvalue weighted by Crippen LogP contribution is -2.13. The predicted molar refractivity (Wildman–Crippen MR) is 88.8 cm³/mol. The molecular formula is C18H26O5. The van der Waals surface area contributed by atoms with Crippen LogP contribution in [0.25, 0.3) is 0 Å². The summed E-state index contributed by atoms with van der Waals surface area (Å²) < 4.78 is 26.7. The molecule has 0 aliphatic heterocycles. The Hall–Kier alpha value is -1.58. The smallest absolute Gasteiger partial charge is 0.119 e. The zero-order valence-corrected chi connectivity index (χ0v) is 13.8. The van der Waals surface area contributed by atoms with Crippen molar-refractivity contribution < 1.29 is 23.7 Å². The summed E-state index contributed by atoms with van der Waals surface area (Å²) in [7, 11) is 0. The molecule has 0 fully saturated rings. The summed E-state index contributed by atoms with van der Waals surface area (Å²) in [4.78, 5) is 0. The van der Waals surface area contributed by atoms with Gasteiger partial charge in [0.15, 0.2) is 0 Å². The number of hydrogen-bond acceptors (Lipinski definition) is 5. The number of benzene rings is 1. The van der Waals surface area contributed by atoms with Gasteiger partial charge >= 0.3 is 0 Å². The summed E-state index contributed by atoms with van der Waals surface area (Å²) in [6.07, 6.45) is 5.05. The quantitative estimate of drug-likeness (QED) is 0.388. The molecule has 0 heterocycles. The lowest BCUT2D eigenvalue weighted by atomic mass is 10.2. The van der Waals surface area contributed by atoms with E-state index in [0.717, 1.165) is 5.75 Å². The second-order valence-corrected chi connectivity index (χ2v) is 4.76. The van der Waals surface area contributed by atoms with Crippen molar-refractivity contribution in [1.82, 2.24) is 0 Å². The lowest BCUT2D eigenvalue weighted by Gasteiger charge is -2.08. The SMILES string of the molecule is C#CCOCCOCCOCCOCCOc1ccc(C)cc1. The largest absolute Gasteiger partial charge is 0.491 e. The number of rotatable bonds is 14. The summed E-state index contributed by atoms with van der Waals surface area (Å²) in [6, 6.07) is 7.95. The van der Waals surface area contributed by atoms with Crippen LogP contribution in [0.4, 0.5) is 0 Å². The fraction of sp³-hybridized carbons (Fsp3) is 0.556. The first-order chi connectivity index (χ1) is 11.3. The van der Waals surface area contributed by atoms with Gasteiger partial charge in [-0.05, 0) is 19.1 Å². The van der Waals surface area contributed by atoms with Crippen molar-refractivity contribution in [2.24, 2.45) is 0 Å². The van der Waals surface area contributed by atoms with Gasteiger partial charge in [0, 0.05) is 0 Å². The van der Waals surface area contributed by atoms with Gasteiger partial charge < -0.3 is 23.7 Å². The van der Waals surface area contributed by atoms with Crippen LogP contribution in [0.1, 0.15) is 5.56 Å². The van der Waals surface area contributed by atoms with E-state index in [-0.39, 0.29) is 0 Å². The summed E-state index contributed by atoms with van der Waals surface area (Å²) in [5, 5.41) is 0. The second kappa shape index (κ2) is 14.0. The molecule has 0 N–H and O–H groups in total. The number of ether oxygens (including phenoxy) is 5. The highest BCUT2D eigenvalue weighted by atomic mass is 16.6. The molecule has 0 saturated heterocycles. The average molecular weight is 322 g/mol. The molecule has 0 atom stereocenters. The molecule has 0 aromatic heterocycles. The highest BCUT2D eigenvalue weighted by Crippen LogP contribution is 2.10. The molecule has 0 aliphatic rings. The summed E-state index contributed by atoms with van der Waals surface area (Å²) in [5.41, 5.74) is 1.22. The van der Waals surface area contributed by atoms with Crippen LogP contribution in [0.5, 0.6) is 5.75 Å². The first-order valence-corrected chi connectivity index (χ1v) is 7.77. The summed E-state index contributed by atoms with van der Waals surface area (Å²) >= 11 is 0. The third-order valence-corrected chi connectivity index (χ3v) is 2.82. The van der Waals surface area contributed by atoms with E-state index < -0.39 is 0 Å². The fourth-order valence-corrected chi connectivity index (χ4v) is 1.64. The van der Waals surface area contributed by atoms with E-state index >= 15 is 0 Å². The molecule has 5 nitrogen and oxygen atoms in total. The highest BCUT2D eigenvalue weighted by molar-refractivity contribution is 5.26. The number of terminal acetylenes is 1. The molecule has 1 rings (SSSR count). The Labute approximate surface area is 138 Å². The fourth-order valence-electron chi connectivity index (χ4n) is 1.64. The standard InChI is InChI=1S/C18H26O5/c1-3-8-19-9-10-20-11-12-21-13-14-22-15-16-23-18-6-4-17(2)5-7-18/h1,4-7H,8-16H2,2H3. The number of aryl methyl sites for hydroxylation is 1. The third kappa shape index (κ3) is 11.6. The third-order valence-electron chi connectivity index (χ3n) is 2.82. The van der Waals surface area contributed by atoms with Crippen LogP contribution in [0.3, 0.4) is 0 Å². The van der Waals surface area contributed by atoms with Crippen molar-refractivity contribution >= 4 is 0 Å². The van der Waals surface area contributed by atoms with Gasteiger partial charge in [0.2, 0.25) is 0 Å². The van der Waals surface area contributed by atoms with Gasteiger partial charge in [-0.1, -0.05) is 23.6 Å². The Morgan fingerprint density at radius 2 is 1.22 bits per heavy atom. The van der Waals surface area contributed by atoms with E-state index in [9.17, 15) is 0 Å². The van der Waals surface area contributed by atoms with Crippen LogP contribution in [0.2, 0.25) is 0 Å².